The second-order valence-electron chi connectivity index (χ2n) is 4.22. The van der Waals surface area contributed by atoms with E-state index in [1.807, 2.05) is 13.8 Å². The van der Waals surface area contributed by atoms with Crippen molar-refractivity contribution in [3.8, 4) is 0 Å². The van der Waals surface area contributed by atoms with Gasteiger partial charge in [-0.05, 0) is 19.9 Å². The molecule has 0 aliphatic carbocycles. The lowest BCUT2D eigenvalue weighted by atomic mass is 10.2. The quantitative estimate of drug-likeness (QED) is 0.823. The van der Waals surface area contributed by atoms with E-state index in [-0.39, 0.29) is 12.2 Å². The minimum Gasteiger partial charge on any atom is -0.339 e. The zero-order valence-electron chi connectivity index (χ0n) is 10.5. The molecule has 0 bridgehead atoms. The predicted molar refractivity (Wildman–Crippen MR) is 60.1 cm³/mol. The Bertz CT molecular complexity index is 352. The van der Waals surface area contributed by atoms with Gasteiger partial charge >= 0.3 is 6.18 Å². The van der Waals surface area contributed by atoms with Crippen molar-refractivity contribution in [3.63, 3.8) is 0 Å². The highest BCUT2D eigenvalue weighted by Crippen LogP contribution is 2.21. The number of rotatable bonds is 7. The summed E-state index contributed by atoms with van der Waals surface area (Å²) < 4.78 is 40.9. The molecule has 7 heteroatoms. The molecule has 1 aromatic rings. The van der Waals surface area contributed by atoms with E-state index in [0.29, 0.717) is 18.4 Å². The molecule has 0 fully saturated rings. The van der Waals surface area contributed by atoms with E-state index in [1.165, 1.54) is 0 Å². The van der Waals surface area contributed by atoms with Gasteiger partial charge in [0.25, 0.3) is 0 Å². The normalized spacial score (nSPS) is 13.8. The van der Waals surface area contributed by atoms with Crippen molar-refractivity contribution < 1.29 is 17.7 Å². The maximum atomic E-state index is 12.0. The summed E-state index contributed by atoms with van der Waals surface area (Å²) in [6.45, 7) is 4.92. The van der Waals surface area contributed by atoms with Crippen molar-refractivity contribution in [1.29, 1.82) is 0 Å². The monoisotopic (exact) mass is 265 g/mol. The molecule has 1 rings (SSSR count). The van der Waals surface area contributed by atoms with Gasteiger partial charge in [-0.25, -0.2) is 0 Å². The first-order valence-corrected chi connectivity index (χ1v) is 6.02. The Labute approximate surface area is 104 Å². The first kappa shape index (κ1) is 14.9. The van der Waals surface area contributed by atoms with Crippen LogP contribution in [-0.2, 0) is 12.8 Å². The Morgan fingerprint density at radius 1 is 1.33 bits per heavy atom. The molecule has 18 heavy (non-hydrogen) atoms. The van der Waals surface area contributed by atoms with Crippen LogP contribution >= 0.6 is 0 Å². The van der Waals surface area contributed by atoms with Gasteiger partial charge in [-0.15, -0.1) is 0 Å². The molecule has 0 radical (unpaired) electrons. The summed E-state index contributed by atoms with van der Waals surface area (Å²) in [5, 5.41) is 6.77. The van der Waals surface area contributed by atoms with Crippen molar-refractivity contribution in [2.45, 2.75) is 51.7 Å². The van der Waals surface area contributed by atoms with Gasteiger partial charge in [0.05, 0.1) is 6.42 Å². The fourth-order valence-electron chi connectivity index (χ4n) is 1.54. The van der Waals surface area contributed by atoms with Crippen LogP contribution in [0.3, 0.4) is 0 Å². The summed E-state index contributed by atoms with van der Waals surface area (Å²) in [6, 6.07) is 0.320. The lowest BCUT2D eigenvalue weighted by Crippen LogP contribution is -2.25. The molecule has 0 saturated heterocycles. The van der Waals surface area contributed by atoms with Crippen molar-refractivity contribution in [2.24, 2.45) is 0 Å². The zero-order chi connectivity index (χ0) is 13.6. The molecule has 0 saturated carbocycles. The molecule has 4 nitrogen and oxygen atoms in total. The van der Waals surface area contributed by atoms with Crippen LogP contribution in [0.4, 0.5) is 13.2 Å². The van der Waals surface area contributed by atoms with Gasteiger partial charge in [0.15, 0.2) is 5.82 Å². The van der Waals surface area contributed by atoms with Crippen LogP contribution in [0.5, 0.6) is 0 Å². The van der Waals surface area contributed by atoms with Crippen LogP contribution in [0.25, 0.3) is 0 Å². The first-order chi connectivity index (χ1) is 8.40. The third-order valence-corrected chi connectivity index (χ3v) is 2.49. The lowest BCUT2D eigenvalue weighted by molar-refractivity contribution is -0.134. The van der Waals surface area contributed by atoms with Crippen LogP contribution in [-0.4, -0.2) is 28.9 Å². The van der Waals surface area contributed by atoms with E-state index in [2.05, 4.69) is 15.5 Å². The minimum absolute atomic E-state index is 0.124. The molecule has 1 atom stereocenters. The smallest absolute Gasteiger partial charge is 0.339 e. The van der Waals surface area contributed by atoms with Gasteiger partial charge in [0.2, 0.25) is 5.89 Å². The average molecular weight is 265 g/mol. The number of halogens is 3. The Kier molecular flexibility index (Phi) is 5.58. The molecule has 1 N–H and O–H groups in total. The van der Waals surface area contributed by atoms with Crippen LogP contribution in [0.15, 0.2) is 4.52 Å². The van der Waals surface area contributed by atoms with Crippen LogP contribution in [0.1, 0.15) is 38.4 Å². The van der Waals surface area contributed by atoms with Crippen molar-refractivity contribution >= 4 is 0 Å². The third kappa shape index (κ3) is 6.00. The predicted octanol–water partition coefficient (Wildman–Crippen LogP) is 2.50. The highest BCUT2D eigenvalue weighted by molar-refractivity contribution is 4.88. The summed E-state index contributed by atoms with van der Waals surface area (Å²) in [5.74, 6) is 0.523. The van der Waals surface area contributed by atoms with E-state index in [4.69, 9.17) is 4.52 Å². The highest BCUT2D eigenvalue weighted by atomic mass is 19.4. The Hall–Kier alpha value is -1.11. The molecular formula is C11H18F3N3O. The van der Waals surface area contributed by atoms with Crippen molar-refractivity contribution in [2.75, 3.05) is 6.54 Å². The molecule has 1 heterocycles. The Balaban J connectivity index is 2.34. The number of nitrogens with zero attached hydrogens (tertiary/aromatic N) is 2. The fourth-order valence-corrected chi connectivity index (χ4v) is 1.54. The van der Waals surface area contributed by atoms with E-state index in [0.717, 1.165) is 13.0 Å². The second-order valence-corrected chi connectivity index (χ2v) is 4.22. The van der Waals surface area contributed by atoms with Gasteiger partial charge in [0, 0.05) is 18.9 Å². The van der Waals surface area contributed by atoms with Crippen molar-refractivity contribution in [3.05, 3.63) is 11.7 Å². The van der Waals surface area contributed by atoms with Crippen molar-refractivity contribution in [1.82, 2.24) is 15.5 Å². The van der Waals surface area contributed by atoms with Gasteiger partial charge < -0.3 is 9.84 Å². The standard InChI is InChI=1S/C11H18F3N3O/c1-3-15-8(2)4-5-10-16-9(17-18-10)6-7-11(12,13)14/h8,15H,3-7H2,1-2H3. The van der Waals surface area contributed by atoms with Crippen LogP contribution < -0.4 is 5.32 Å². The molecule has 104 valence electrons. The summed E-state index contributed by atoms with van der Waals surface area (Å²) in [7, 11) is 0. The maximum absolute atomic E-state index is 12.0. The number of aryl methyl sites for hydroxylation is 2. The SMILES string of the molecule is CCNC(C)CCc1nc(CCC(F)(F)F)no1. The summed E-state index contributed by atoms with van der Waals surface area (Å²) in [5.41, 5.74) is 0. The highest BCUT2D eigenvalue weighted by Gasteiger charge is 2.27. The van der Waals surface area contributed by atoms with E-state index in [9.17, 15) is 13.2 Å². The molecular weight excluding hydrogens is 247 g/mol. The van der Waals surface area contributed by atoms with E-state index < -0.39 is 12.6 Å². The molecule has 0 aliphatic rings. The van der Waals surface area contributed by atoms with Gasteiger partial charge in [0.1, 0.15) is 0 Å². The molecule has 0 amide bonds. The van der Waals surface area contributed by atoms with Gasteiger partial charge in [-0.1, -0.05) is 12.1 Å². The topological polar surface area (TPSA) is 51.0 Å². The number of alkyl halides is 3. The van der Waals surface area contributed by atoms with E-state index in [1.54, 1.807) is 0 Å². The number of hydrogen-bond donors (Lipinski definition) is 1. The number of hydrogen-bond acceptors (Lipinski definition) is 4. The summed E-state index contributed by atoms with van der Waals surface area (Å²) >= 11 is 0. The summed E-state index contributed by atoms with van der Waals surface area (Å²) in [4.78, 5) is 3.94. The Morgan fingerprint density at radius 2 is 2.06 bits per heavy atom. The molecule has 1 unspecified atom stereocenters. The first-order valence-electron chi connectivity index (χ1n) is 6.02. The van der Waals surface area contributed by atoms with Crippen LogP contribution in [0.2, 0.25) is 0 Å². The van der Waals surface area contributed by atoms with Gasteiger partial charge in [-0.2, -0.15) is 18.2 Å². The fraction of sp³-hybridized carbons (Fsp3) is 0.818. The second kappa shape index (κ2) is 6.72. The van der Waals surface area contributed by atoms with Crippen LogP contribution in [0, 0.1) is 0 Å². The molecule has 0 aliphatic heterocycles. The number of aromatic nitrogens is 2. The molecule has 0 spiro atoms. The maximum Gasteiger partial charge on any atom is 0.389 e. The summed E-state index contributed by atoms with van der Waals surface area (Å²) in [6.07, 6.45) is -3.93. The average Bonchev–Trinajstić information content (AvgIpc) is 2.71. The van der Waals surface area contributed by atoms with Gasteiger partial charge in [-0.3, -0.25) is 0 Å². The number of nitrogens with one attached hydrogen (secondary N) is 1. The molecule has 1 aromatic heterocycles. The lowest BCUT2D eigenvalue weighted by Gasteiger charge is -2.09. The third-order valence-electron chi connectivity index (χ3n) is 2.49. The van der Waals surface area contributed by atoms with E-state index >= 15 is 0 Å². The minimum atomic E-state index is -4.18. The largest absolute Gasteiger partial charge is 0.389 e. The Morgan fingerprint density at radius 3 is 2.67 bits per heavy atom. The zero-order valence-corrected chi connectivity index (χ0v) is 10.5. The molecule has 0 aromatic carbocycles.